The first-order chi connectivity index (χ1) is 8.37. The molecule has 0 atom stereocenters. The smallest absolute Gasteiger partial charge is 0.310 e. The average molecular weight is 267 g/mol. The van der Waals surface area contributed by atoms with Crippen molar-refractivity contribution in [3.05, 3.63) is 21.9 Å². The fraction of sp³-hybridized carbons (Fsp3) is 0.643. The topological polar surface area (TPSA) is 49.3 Å². The van der Waals surface area contributed by atoms with Gasteiger partial charge in [-0.3, -0.25) is 4.79 Å². The Morgan fingerprint density at radius 1 is 1.56 bits per heavy atom. The molecule has 1 heterocycles. The molecule has 0 aromatic carbocycles. The summed E-state index contributed by atoms with van der Waals surface area (Å²) in [4.78, 5) is 12.5. The van der Waals surface area contributed by atoms with Crippen molar-refractivity contribution in [1.82, 2.24) is 5.32 Å². The summed E-state index contributed by atoms with van der Waals surface area (Å²) in [6.45, 7) is 7.96. The minimum atomic E-state index is -0.653. The van der Waals surface area contributed by atoms with Gasteiger partial charge in [0.1, 0.15) is 0 Å². The van der Waals surface area contributed by atoms with Gasteiger partial charge in [-0.25, -0.2) is 0 Å². The molecule has 1 saturated carbocycles. The number of nitrogens with one attached hydrogen (secondary N) is 1. The van der Waals surface area contributed by atoms with Crippen LogP contribution in [0.1, 0.15) is 37.1 Å². The summed E-state index contributed by atoms with van der Waals surface area (Å²) in [6.07, 6.45) is 1.63. The molecule has 1 aliphatic carbocycles. The molecule has 0 unspecified atom stereocenters. The molecule has 1 aromatic heterocycles. The predicted octanol–water partition coefficient (Wildman–Crippen LogP) is 2.79. The van der Waals surface area contributed by atoms with Crippen LogP contribution in [0.2, 0.25) is 0 Å². The normalized spacial score (nSPS) is 17.7. The second-order valence-electron chi connectivity index (χ2n) is 6.01. The number of carboxylic acids is 1. The maximum absolute atomic E-state index is 11.1. The Balaban J connectivity index is 1.90. The monoisotopic (exact) mass is 267 g/mol. The molecular formula is C14H21NO2S. The van der Waals surface area contributed by atoms with Crippen LogP contribution in [0.25, 0.3) is 0 Å². The maximum atomic E-state index is 11.1. The Morgan fingerprint density at radius 2 is 2.22 bits per heavy atom. The van der Waals surface area contributed by atoms with Crippen LogP contribution in [0.15, 0.2) is 11.4 Å². The summed E-state index contributed by atoms with van der Waals surface area (Å²) in [7, 11) is 0. The number of hydrogen-bond donors (Lipinski definition) is 2. The highest BCUT2D eigenvalue weighted by atomic mass is 32.1. The molecule has 18 heavy (non-hydrogen) atoms. The van der Waals surface area contributed by atoms with Crippen LogP contribution >= 0.6 is 11.3 Å². The van der Waals surface area contributed by atoms with Crippen molar-refractivity contribution in [2.75, 3.05) is 13.1 Å². The molecule has 2 rings (SSSR count). The van der Waals surface area contributed by atoms with E-state index in [1.54, 1.807) is 11.3 Å². The highest BCUT2D eigenvalue weighted by Gasteiger charge is 2.49. The van der Waals surface area contributed by atoms with Gasteiger partial charge in [-0.2, -0.15) is 0 Å². The average Bonchev–Trinajstić information content (AvgIpc) is 2.93. The number of carboxylic acid groups (broad SMARTS) is 1. The van der Waals surface area contributed by atoms with E-state index in [0.29, 0.717) is 6.54 Å². The molecule has 0 spiro atoms. The van der Waals surface area contributed by atoms with E-state index in [-0.39, 0.29) is 5.41 Å². The molecule has 4 heteroatoms. The Bertz CT molecular complexity index is 446. The van der Waals surface area contributed by atoms with Gasteiger partial charge in [0.15, 0.2) is 0 Å². The van der Waals surface area contributed by atoms with E-state index in [0.717, 1.165) is 19.4 Å². The minimum absolute atomic E-state index is 0.0623. The Hall–Kier alpha value is -0.870. The number of rotatable bonds is 6. The SMILES string of the molecule is Cc1ccsc1C(C)(C)CNCC1(C(=O)O)CC1. The predicted molar refractivity (Wildman–Crippen MR) is 74.3 cm³/mol. The van der Waals surface area contributed by atoms with E-state index in [1.807, 2.05) is 0 Å². The number of aryl methyl sites for hydroxylation is 1. The van der Waals surface area contributed by atoms with Gasteiger partial charge in [0, 0.05) is 23.4 Å². The van der Waals surface area contributed by atoms with Gasteiger partial charge in [-0.05, 0) is 36.8 Å². The third-order valence-corrected chi connectivity index (χ3v) is 5.20. The first-order valence-electron chi connectivity index (χ1n) is 6.36. The van der Waals surface area contributed by atoms with Crippen molar-refractivity contribution < 1.29 is 9.90 Å². The van der Waals surface area contributed by atoms with Gasteiger partial charge >= 0.3 is 5.97 Å². The molecule has 1 aromatic rings. The van der Waals surface area contributed by atoms with E-state index >= 15 is 0 Å². The summed E-state index contributed by atoms with van der Waals surface area (Å²) in [5.74, 6) is -0.653. The van der Waals surface area contributed by atoms with Crippen LogP contribution in [0.4, 0.5) is 0 Å². The van der Waals surface area contributed by atoms with Crippen molar-refractivity contribution in [3.8, 4) is 0 Å². The molecule has 0 bridgehead atoms. The molecular weight excluding hydrogens is 246 g/mol. The first-order valence-corrected chi connectivity index (χ1v) is 7.24. The van der Waals surface area contributed by atoms with Crippen LogP contribution in [-0.2, 0) is 10.2 Å². The van der Waals surface area contributed by atoms with Gasteiger partial charge < -0.3 is 10.4 Å². The van der Waals surface area contributed by atoms with Crippen LogP contribution in [0.5, 0.6) is 0 Å². The largest absolute Gasteiger partial charge is 0.481 e. The second-order valence-corrected chi connectivity index (χ2v) is 6.92. The number of thiophene rings is 1. The summed E-state index contributed by atoms with van der Waals surface area (Å²) in [6, 6.07) is 2.14. The van der Waals surface area contributed by atoms with Gasteiger partial charge in [-0.1, -0.05) is 13.8 Å². The summed E-state index contributed by atoms with van der Waals surface area (Å²) in [5.41, 5.74) is 0.916. The first kappa shape index (κ1) is 13.6. The third-order valence-electron chi connectivity index (χ3n) is 3.81. The van der Waals surface area contributed by atoms with Crippen LogP contribution < -0.4 is 5.32 Å². The van der Waals surface area contributed by atoms with Gasteiger partial charge in [0.25, 0.3) is 0 Å². The van der Waals surface area contributed by atoms with Crippen molar-refractivity contribution in [3.63, 3.8) is 0 Å². The highest BCUT2D eigenvalue weighted by molar-refractivity contribution is 7.10. The van der Waals surface area contributed by atoms with E-state index in [4.69, 9.17) is 5.11 Å². The maximum Gasteiger partial charge on any atom is 0.310 e. The highest BCUT2D eigenvalue weighted by Crippen LogP contribution is 2.45. The molecule has 1 fully saturated rings. The van der Waals surface area contributed by atoms with Crippen LogP contribution in [-0.4, -0.2) is 24.2 Å². The minimum Gasteiger partial charge on any atom is -0.481 e. The molecule has 0 aliphatic heterocycles. The Kier molecular flexibility index (Phi) is 3.52. The molecule has 3 nitrogen and oxygen atoms in total. The van der Waals surface area contributed by atoms with Crippen molar-refractivity contribution in [2.24, 2.45) is 5.41 Å². The lowest BCUT2D eigenvalue weighted by Crippen LogP contribution is -2.38. The molecule has 0 amide bonds. The van der Waals surface area contributed by atoms with Crippen LogP contribution in [0.3, 0.4) is 0 Å². The van der Waals surface area contributed by atoms with E-state index < -0.39 is 11.4 Å². The summed E-state index contributed by atoms with van der Waals surface area (Å²) < 4.78 is 0. The van der Waals surface area contributed by atoms with E-state index in [2.05, 4.69) is 37.5 Å². The molecule has 1 aliphatic rings. The second kappa shape index (κ2) is 4.67. The standard InChI is InChI=1S/C14H21NO2S/c1-10-4-7-18-11(10)13(2,3)8-15-9-14(5-6-14)12(16)17/h4,7,15H,5-6,8-9H2,1-3H3,(H,16,17). The van der Waals surface area contributed by atoms with Crippen molar-refractivity contribution >= 4 is 17.3 Å². The fourth-order valence-corrected chi connectivity index (χ4v) is 3.43. The summed E-state index contributed by atoms with van der Waals surface area (Å²) in [5, 5.41) is 14.6. The quantitative estimate of drug-likeness (QED) is 0.833. The number of aliphatic carboxylic acids is 1. The Labute approximate surface area is 112 Å². The van der Waals surface area contributed by atoms with Crippen LogP contribution in [0, 0.1) is 12.3 Å². The fourth-order valence-electron chi connectivity index (χ4n) is 2.38. The summed E-state index contributed by atoms with van der Waals surface area (Å²) >= 11 is 1.78. The van der Waals surface area contributed by atoms with Gasteiger partial charge in [0.05, 0.1) is 5.41 Å². The van der Waals surface area contributed by atoms with E-state index in [9.17, 15) is 4.79 Å². The van der Waals surface area contributed by atoms with Gasteiger partial charge in [-0.15, -0.1) is 11.3 Å². The zero-order valence-electron chi connectivity index (χ0n) is 11.2. The molecule has 0 saturated heterocycles. The lowest BCUT2D eigenvalue weighted by atomic mass is 9.89. The number of carbonyl (C=O) groups is 1. The van der Waals surface area contributed by atoms with Gasteiger partial charge in [0.2, 0.25) is 0 Å². The third kappa shape index (κ3) is 2.59. The molecule has 0 radical (unpaired) electrons. The zero-order valence-corrected chi connectivity index (χ0v) is 12.1. The zero-order chi connectivity index (χ0) is 13.4. The Morgan fingerprint density at radius 3 is 2.67 bits per heavy atom. The number of hydrogen-bond acceptors (Lipinski definition) is 3. The lowest BCUT2D eigenvalue weighted by Gasteiger charge is -2.26. The van der Waals surface area contributed by atoms with Crippen molar-refractivity contribution in [1.29, 1.82) is 0 Å². The van der Waals surface area contributed by atoms with Crippen molar-refractivity contribution in [2.45, 2.75) is 39.0 Å². The van der Waals surface area contributed by atoms with E-state index in [1.165, 1.54) is 10.4 Å². The molecule has 2 N–H and O–H groups in total. The molecule has 100 valence electrons. The lowest BCUT2D eigenvalue weighted by molar-refractivity contribution is -0.143.